The minimum absolute atomic E-state index is 0.191. The highest BCUT2D eigenvalue weighted by atomic mass is 19.1. The maximum absolute atomic E-state index is 13.9. The molecule has 2 N–H and O–H groups in total. The van der Waals surface area contributed by atoms with E-state index in [1.807, 2.05) is 6.92 Å². The standard InChI is InChI=1S/C16H18FNO2/c1-3-9-19-15-10-12(7-8-13(15)18)20-14-6-4-5-11(2)16(14)17/h4-8,10H,3,9,18H2,1-2H3. The Kier molecular flexibility index (Phi) is 4.45. The van der Waals surface area contributed by atoms with Crippen LogP contribution < -0.4 is 15.2 Å². The van der Waals surface area contributed by atoms with Crippen LogP contribution in [0.5, 0.6) is 17.2 Å². The van der Waals surface area contributed by atoms with Gasteiger partial charge in [-0.2, -0.15) is 0 Å². The van der Waals surface area contributed by atoms with E-state index in [0.29, 0.717) is 29.4 Å². The Bertz CT molecular complexity index is 599. The zero-order valence-electron chi connectivity index (χ0n) is 11.7. The molecule has 0 amide bonds. The van der Waals surface area contributed by atoms with Gasteiger partial charge in [-0.1, -0.05) is 19.1 Å². The zero-order valence-corrected chi connectivity index (χ0v) is 11.7. The average molecular weight is 275 g/mol. The lowest BCUT2D eigenvalue weighted by molar-refractivity contribution is 0.317. The molecule has 0 aromatic heterocycles. The van der Waals surface area contributed by atoms with Crippen molar-refractivity contribution in [3.05, 3.63) is 47.8 Å². The third-order valence-electron chi connectivity index (χ3n) is 2.83. The van der Waals surface area contributed by atoms with Crippen molar-refractivity contribution in [1.29, 1.82) is 0 Å². The molecule has 3 nitrogen and oxygen atoms in total. The molecule has 0 unspecified atom stereocenters. The Hall–Kier alpha value is -2.23. The topological polar surface area (TPSA) is 44.5 Å². The van der Waals surface area contributed by atoms with E-state index < -0.39 is 0 Å². The maximum atomic E-state index is 13.9. The predicted molar refractivity (Wildman–Crippen MR) is 77.9 cm³/mol. The smallest absolute Gasteiger partial charge is 0.168 e. The van der Waals surface area contributed by atoms with Crippen LogP contribution in [-0.2, 0) is 0 Å². The van der Waals surface area contributed by atoms with Crippen molar-refractivity contribution in [3.63, 3.8) is 0 Å². The molecule has 20 heavy (non-hydrogen) atoms. The molecule has 0 fully saturated rings. The lowest BCUT2D eigenvalue weighted by Crippen LogP contribution is -1.99. The number of nitrogens with two attached hydrogens (primary N) is 1. The molecule has 0 aliphatic carbocycles. The molecule has 0 bridgehead atoms. The molecule has 2 aromatic rings. The van der Waals surface area contributed by atoms with Crippen molar-refractivity contribution in [2.24, 2.45) is 0 Å². The number of anilines is 1. The molecule has 0 aliphatic heterocycles. The van der Waals surface area contributed by atoms with Gasteiger partial charge in [0.1, 0.15) is 11.5 Å². The summed E-state index contributed by atoms with van der Waals surface area (Å²) in [4.78, 5) is 0. The second-order valence-corrected chi connectivity index (χ2v) is 4.54. The summed E-state index contributed by atoms with van der Waals surface area (Å²) >= 11 is 0. The van der Waals surface area contributed by atoms with E-state index in [1.165, 1.54) is 0 Å². The van der Waals surface area contributed by atoms with Crippen LogP contribution in [0.25, 0.3) is 0 Å². The van der Waals surface area contributed by atoms with Crippen molar-refractivity contribution in [2.45, 2.75) is 20.3 Å². The van der Waals surface area contributed by atoms with E-state index in [9.17, 15) is 4.39 Å². The summed E-state index contributed by atoms with van der Waals surface area (Å²) < 4.78 is 25.0. The van der Waals surface area contributed by atoms with Crippen molar-refractivity contribution < 1.29 is 13.9 Å². The highest BCUT2D eigenvalue weighted by Crippen LogP contribution is 2.31. The summed E-state index contributed by atoms with van der Waals surface area (Å²) in [5.74, 6) is 0.878. The molecule has 4 heteroatoms. The van der Waals surface area contributed by atoms with Crippen LogP contribution in [0.3, 0.4) is 0 Å². The average Bonchev–Trinajstić information content (AvgIpc) is 2.44. The van der Waals surface area contributed by atoms with Gasteiger partial charge in [0, 0.05) is 6.07 Å². The third kappa shape index (κ3) is 3.20. The van der Waals surface area contributed by atoms with Crippen LogP contribution in [0.2, 0.25) is 0 Å². The Morgan fingerprint density at radius 2 is 1.95 bits per heavy atom. The first-order valence-corrected chi connectivity index (χ1v) is 6.57. The van der Waals surface area contributed by atoms with Gasteiger partial charge in [-0.3, -0.25) is 0 Å². The zero-order chi connectivity index (χ0) is 14.5. The van der Waals surface area contributed by atoms with Gasteiger partial charge in [0.05, 0.1) is 12.3 Å². The molecule has 0 radical (unpaired) electrons. The van der Waals surface area contributed by atoms with Gasteiger partial charge in [0.15, 0.2) is 11.6 Å². The number of hydrogen-bond donors (Lipinski definition) is 1. The van der Waals surface area contributed by atoms with E-state index >= 15 is 0 Å². The number of ether oxygens (including phenoxy) is 2. The van der Waals surface area contributed by atoms with Crippen molar-refractivity contribution in [2.75, 3.05) is 12.3 Å². The molecular weight excluding hydrogens is 257 g/mol. The van der Waals surface area contributed by atoms with E-state index in [0.717, 1.165) is 6.42 Å². The van der Waals surface area contributed by atoms with E-state index in [1.54, 1.807) is 43.3 Å². The third-order valence-corrected chi connectivity index (χ3v) is 2.83. The quantitative estimate of drug-likeness (QED) is 0.827. The normalized spacial score (nSPS) is 10.3. The van der Waals surface area contributed by atoms with Gasteiger partial charge in [0.2, 0.25) is 0 Å². The van der Waals surface area contributed by atoms with Crippen LogP contribution in [0, 0.1) is 12.7 Å². The van der Waals surface area contributed by atoms with Crippen molar-refractivity contribution in [1.82, 2.24) is 0 Å². The lowest BCUT2D eigenvalue weighted by atomic mass is 10.2. The molecule has 0 saturated heterocycles. The summed E-state index contributed by atoms with van der Waals surface area (Å²) in [5, 5.41) is 0. The number of halogens is 1. The predicted octanol–water partition coefficient (Wildman–Crippen LogP) is 4.30. The Labute approximate surface area is 118 Å². The van der Waals surface area contributed by atoms with Gasteiger partial charge in [-0.05, 0) is 37.1 Å². The van der Waals surface area contributed by atoms with E-state index in [4.69, 9.17) is 15.2 Å². The highest BCUT2D eigenvalue weighted by molar-refractivity contribution is 5.56. The fourth-order valence-corrected chi connectivity index (χ4v) is 1.74. The number of benzene rings is 2. The summed E-state index contributed by atoms with van der Waals surface area (Å²) in [6.45, 7) is 4.28. The van der Waals surface area contributed by atoms with Crippen LogP contribution in [-0.4, -0.2) is 6.61 Å². The van der Waals surface area contributed by atoms with Crippen LogP contribution >= 0.6 is 0 Å². The Balaban J connectivity index is 2.23. The van der Waals surface area contributed by atoms with Crippen LogP contribution in [0.4, 0.5) is 10.1 Å². The number of nitrogen functional groups attached to an aromatic ring is 1. The van der Waals surface area contributed by atoms with Gasteiger partial charge in [-0.25, -0.2) is 4.39 Å². The molecule has 0 saturated carbocycles. The van der Waals surface area contributed by atoms with E-state index in [2.05, 4.69) is 0 Å². The summed E-state index contributed by atoms with van der Waals surface area (Å²) in [6, 6.07) is 10.1. The molecule has 0 spiro atoms. The fraction of sp³-hybridized carbons (Fsp3) is 0.250. The molecule has 2 aromatic carbocycles. The number of aryl methyl sites for hydroxylation is 1. The second kappa shape index (κ2) is 6.28. The molecule has 0 heterocycles. The fourth-order valence-electron chi connectivity index (χ4n) is 1.74. The molecule has 106 valence electrons. The first kappa shape index (κ1) is 14.2. The van der Waals surface area contributed by atoms with Crippen molar-refractivity contribution in [3.8, 4) is 17.2 Å². The molecular formula is C16H18FNO2. The summed E-state index contributed by atoms with van der Waals surface area (Å²) in [6.07, 6.45) is 0.886. The summed E-state index contributed by atoms with van der Waals surface area (Å²) in [7, 11) is 0. The van der Waals surface area contributed by atoms with Gasteiger partial charge in [0.25, 0.3) is 0 Å². The SMILES string of the molecule is CCCOc1cc(Oc2cccc(C)c2F)ccc1N. The monoisotopic (exact) mass is 275 g/mol. The number of hydrogen-bond acceptors (Lipinski definition) is 3. The lowest BCUT2D eigenvalue weighted by Gasteiger charge is -2.12. The first-order valence-electron chi connectivity index (χ1n) is 6.57. The Morgan fingerprint density at radius 1 is 1.15 bits per heavy atom. The highest BCUT2D eigenvalue weighted by Gasteiger charge is 2.09. The van der Waals surface area contributed by atoms with Crippen LogP contribution in [0.15, 0.2) is 36.4 Å². The molecule has 0 atom stereocenters. The maximum Gasteiger partial charge on any atom is 0.168 e. The van der Waals surface area contributed by atoms with Gasteiger partial charge < -0.3 is 15.2 Å². The van der Waals surface area contributed by atoms with Gasteiger partial charge >= 0.3 is 0 Å². The second-order valence-electron chi connectivity index (χ2n) is 4.54. The first-order chi connectivity index (χ1) is 9.61. The van der Waals surface area contributed by atoms with Gasteiger partial charge in [-0.15, -0.1) is 0 Å². The van der Waals surface area contributed by atoms with E-state index in [-0.39, 0.29) is 11.6 Å². The molecule has 0 aliphatic rings. The molecule has 2 rings (SSSR count). The minimum atomic E-state index is -0.361. The summed E-state index contributed by atoms with van der Waals surface area (Å²) in [5.41, 5.74) is 6.90. The van der Waals surface area contributed by atoms with Crippen molar-refractivity contribution >= 4 is 5.69 Å². The number of rotatable bonds is 5. The minimum Gasteiger partial charge on any atom is -0.491 e. The Morgan fingerprint density at radius 3 is 2.70 bits per heavy atom. The van der Waals surface area contributed by atoms with Crippen LogP contribution in [0.1, 0.15) is 18.9 Å². The largest absolute Gasteiger partial charge is 0.491 e.